The first kappa shape index (κ1) is 13.1. The van der Waals surface area contributed by atoms with Crippen LogP contribution >= 0.6 is 0 Å². The van der Waals surface area contributed by atoms with Gasteiger partial charge in [-0.1, -0.05) is 24.3 Å². The topological polar surface area (TPSA) is 30.5 Å². The van der Waals surface area contributed by atoms with E-state index in [0.29, 0.717) is 6.10 Å². The van der Waals surface area contributed by atoms with E-state index >= 15 is 0 Å². The van der Waals surface area contributed by atoms with E-state index in [0.717, 1.165) is 45.2 Å². The second-order valence-electron chi connectivity index (χ2n) is 5.55. The molecule has 0 aromatic heterocycles. The zero-order valence-corrected chi connectivity index (χ0v) is 11.4. The van der Waals surface area contributed by atoms with Crippen molar-refractivity contribution in [2.75, 3.05) is 13.2 Å². The van der Waals surface area contributed by atoms with E-state index in [-0.39, 0.29) is 0 Å². The van der Waals surface area contributed by atoms with Crippen molar-refractivity contribution in [1.82, 2.24) is 5.32 Å². The first-order chi connectivity index (χ1) is 9.42. The van der Waals surface area contributed by atoms with Crippen LogP contribution in [0.3, 0.4) is 0 Å². The van der Waals surface area contributed by atoms with E-state index < -0.39 is 0 Å². The third kappa shape index (κ3) is 4.03. The molecule has 1 aliphatic carbocycles. The molecule has 1 N–H and O–H groups in total. The minimum atomic E-state index is 0.373. The number of nitrogens with one attached hydrogen (secondary N) is 1. The lowest BCUT2D eigenvalue weighted by Gasteiger charge is -2.23. The van der Waals surface area contributed by atoms with Crippen LogP contribution in [0.25, 0.3) is 0 Å². The molecule has 19 heavy (non-hydrogen) atoms. The van der Waals surface area contributed by atoms with Gasteiger partial charge in [-0.25, -0.2) is 0 Å². The largest absolute Gasteiger partial charge is 0.381 e. The Kier molecular flexibility index (Phi) is 4.49. The van der Waals surface area contributed by atoms with Gasteiger partial charge in [0.05, 0.1) is 12.7 Å². The molecule has 2 aliphatic rings. The molecule has 3 heteroatoms. The second kappa shape index (κ2) is 6.51. The fourth-order valence-corrected chi connectivity index (χ4v) is 2.46. The summed E-state index contributed by atoms with van der Waals surface area (Å²) in [6, 6.07) is 9.36. The molecule has 1 saturated heterocycles. The molecule has 0 atom stereocenters. The van der Waals surface area contributed by atoms with Crippen LogP contribution in [0.5, 0.6) is 0 Å². The Morgan fingerprint density at radius 1 is 1.05 bits per heavy atom. The maximum absolute atomic E-state index is 6.02. The van der Waals surface area contributed by atoms with Crippen LogP contribution in [0, 0.1) is 0 Å². The summed E-state index contributed by atoms with van der Waals surface area (Å²) in [5.41, 5.74) is 2.70. The number of benzene rings is 1. The molecule has 3 rings (SSSR count). The number of hydrogen-bond donors (Lipinski definition) is 1. The van der Waals surface area contributed by atoms with E-state index in [4.69, 9.17) is 9.47 Å². The first-order valence-corrected chi connectivity index (χ1v) is 7.41. The van der Waals surface area contributed by atoms with E-state index in [2.05, 4.69) is 29.6 Å². The predicted octanol–water partition coefficient (Wildman–Crippen LogP) is 2.63. The summed E-state index contributed by atoms with van der Waals surface area (Å²) in [5.74, 6) is 0. The Hall–Kier alpha value is -0.900. The van der Waals surface area contributed by atoms with Gasteiger partial charge in [0.2, 0.25) is 0 Å². The Balaban J connectivity index is 1.52. The van der Waals surface area contributed by atoms with Crippen LogP contribution in [-0.4, -0.2) is 25.4 Å². The maximum Gasteiger partial charge on any atom is 0.0723 e. The summed E-state index contributed by atoms with van der Waals surface area (Å²) in [6.07, 6.45) is 5.10. The summed E-state index contributed by atoms with van der Waals surface area (Å²) >= 11 is 0. The van der Waals surface area contributed by atoms with Crippen molar-refractivity contribution in [3.8, 4) is 0 Å². The van der Waals surface area contributed by atoms with Gasteiger partial charge in [0.25, 0.3) is 0 Å². The molecule has 1 aromatic rings. The minimum absolute atomic E-state index is 0.373. The fraction of sp³-hybridized carbons (Fsp3) is 0.625. The molecule has 0 amide bonds. The van der Waals surface area contributed by atoms with Gasteiger partial charge in [-0.3, -0.25) is 0 Å². The third-order valence-electron chi connectivity index (χ3n) is 3.92. The molecule has 1 saturated carbocycles. The normalized spacial score (nSPS) is 20.6. The third-order valence-corrected chi connectivity index (χ3v) is 3.92. The zero-order valence-electron chi connectivity index (χ0n) is 11.4. The Morgan fingerprint density at radius 3 is 2.53 bits per heavy atom. The monoisotopic (exact) mass is 261 g/mol. The van der Waals surface area contributed by atoms with E-state index in [1.54, 1.807) is 0 Å². The molecular formula is C16H23NO2. The van der Waals surface area contributed by atoms with Crippen molar-refractivity contribution in [3.63, 3.8) is 0 Å². The number of ether oxygens (including phenoxy) is 2. The highest BCUT2D eigenvalue weighted by atomic mass is 16.5. The van der Waals surface area contributed by atoms with Crippen LogP contribution in [0.2, 0.25) is 0 Å². The Labute approximate surface area is 115 Å². The van der Waals surface area contributed by atoms with E-state index in [1.807, 2.05) is 0 Å². The van der Waals surface area contributed by atoms with Gasteiger partial charge in [0.15, 0.2) is 0 Å². The van der Waals surface area contributed by atoms with Gasteiger partial charge < -0.3 is 14.8 Å². The highest BCUT2D eigenvalue weighted by Gasteiger charge is 2.20. The lowest BCUT2D eigenvalue weighted by molar-refractivity contribution is -0.0392. The van der Waals surface area contributed by atoms with Crippen molar-refractivity contribution in [1.29, 1.82) is 0 Å². The maximum atomic E-state index is 6.02. The van der Waals surface area contributed by atoms with Crippen LogP contribution in [-0.2, 0) is 22.6 Å². The van der Waals surface area contributed by atoms with Gasteiger partial charge in [0, 0.05) is 25.8 Å². The van der Waals surface area contributed by atoms with Crippen molar-refractivity contribution < 1.29 is 9.47 Å². The first-order valence-electron chi connectivity index (χ1n) is 7.41. The molecule has 0 spiro atoms. The highest BCUT2D eigenvalue weighted by Crippen LogP contribution is 2.21. The summed E-state index contributed by atoms with van der Waals surface area (Å²) < 4.78 is 11.4. The van der Waals surface area contributed by atoms with Gasteiger partial charge in [-0.2, -0.15) is 0 Å². The van der Waals surface area contributed by atoms with Gasteiger partial charge in [-0.15, -0.1) is 0 Å². The minimum Gasteiger partial charge on any atom is -0.381 e. The lowest BCUT2D eigenvalue weighted by Crippen LogP contribution is -2.23. The molecule has 2 fully saturated rings. The van der Waals surface area contributed by atoms with Gasteiger partial charge in [0.1, 0.15) is 0 Å². The molecule has 1 heterocycles. The van der Waals surface area contributed by atoms with Crippen LogP contribution in [0.15, 0.2) is 24.3 Å². The van der Waals surface area contributed by atoms with Crippen molar-refractivity contribution in [2.45, 2.75) is 51.0 Å². The van der Waals surface area contributed by atoms with E-state index in [9.17, 15) is 0 Å². The quantitative estimate of drug-likeness (QED) is 0.854. The average Bonchev–Trinajstić information content (AvgIpc) is 3.29. The Bertz CT molecular complexity index is 397. The molecule has 3 nitrogen and oxygen atoms in total. The molecule has 1 aromatic carbocycles. The van der Waals surface area contributed by atoms with Crippen LogP contribution in [0.4, 0.5) is 0 Å². The lowest BCUT2D eigenvalue weighted by atomic mass is 10.1. The molecular weight excluding hydrogens is 238 g/mol. The standard InChI is InChI=1S/C16H23NO2/c1-2-4-14(12-19-16-7-9-18-10-8-16)13(3-1)11-17-15-5-6-15/h1-4,15-17H,5-12H2. The zero-order chi connectivity index (χ0) is 12.9. The van der Waals surface area contributed by atoms with Crippen molar-refractivity contribution in [3.05, 3.63) is 35.4 Å². The second-order valence-corrected chi connectivity index (χ2v) is 5.55. The highest BCUT2D eigenvalue weighted by molar-refractivity contribution is 5.26. The van der Waals surface area contributed by atoms with Crippen molar-refractivity contribution >= 4 is 0 Å². The van der Waals surface area contributed by atoms with Crippen molar-refractivity contribution in [2.24, 2.45) is 0 Å². The van der Waals surface area contributed by atoms with Gasteiger partial charge >= 0.3 is 0 Å². The summed E-state index contributed by atoms with van der Waals surface area (Å²) in [6.45, 7) is 3.39. The molecule has 0 unspecified atom stereocenters. The van der Waals surface area contributed by atoms with Crippen LogP contribution < -0.4 is 5.32 Å². The SMILES string of the molecule is c1ccc(COC2CCOCC2)c(CNC2CC2)c1. The number of rotatable bonds is 6. The Morgan fingerprint density at radius 2 is 1.79 bits per heavy atom. The summed E-state index contributed by atoms with van der Waals surface area (Å²) in [7, 11) is 0. The smallest absolute Gasteiger partial charge is 0.0723 e. The molecule has 0 radical (unpaired) electrons. The average molecular weight is 261 g/mol. The molecule has 0 bridgehead atoms. The number of hydrogen-bond acceptors (Lipinski definition) is 3. The predicted molar refractivity (Wildman–Crippen MR) is 74.9 cm³/mol. The summed E-state index contributed by atoms with van der Waals surface area (Å²) in [5, 5.41) is 3.58. The fourth-order valence-electron chi connectivity index (χ4n) is 2.46. The molecule has 104 valence electrons. The van der Waals surface area contributed by atoms with E-state index in [1.165, 1.54) is 24.0 Å². The van der Waals surface area contributed by atoms with Crippen LogP contribution in [0.1, 0.15) is 36.8 Å². The summed E-state index contributed by atoms with van der Waals surface area (Å²) in [4.78, 5) is 0. The molecule has 1 aliphatic heterocycles. The van der Waals surface area contributed by atoms with Gasteiger partial charge in [-0.05, 0) is 36.8 Å².